The van der Waals surface area contributed by atoms with Crippen molar-refractivity contribution in [2.75, 3.05) is 26.7 Å². The molecule has 0 spiro atoms. The van der Waals surface area contributed by atoms with Gasteiger partial charge in [0.25, 0.3) is 0 Å². The number of aliphatic hydroxyl groups is 1. The molecule has 0 atom stereocenters. The molecule has 1 saturated carbocycles. The van der Waals surface area contributed by atoms with E-state index in [0.29, 0.717) is 17.6 Å². The van der Waals surface area contributed by atoms with Crippen LogP contribution in [0.1, 0.15) is 50.6 Å². The Morgan fingerprint density at radius 3 is 2.71 bits per heavy atom. The number of piperidine rings is 1. The van der Waals surface area contributed by atoms with Gasteiger partial charge in [-0.1, -0.05) is 36.8 Å². The maximum absolute atomic E-state index is 10.1. The minimum absolute atomic E-state index is 0.0917. The largest absolute Gasteiger partial charge is 0.396 e. The fraction of sp³-hybridized carbons (Fsp3) is 0.636. The van der Waals surface area contributed by atoms with Gasteiger partial charge in [0.15, 0.2) is 0 Å². The molecule has 0 unspecified atom stereocenters. The predicted molar refractivity (Wildman–Crippen MR) is 112 cm³/mol. The van der Waals surface area contributed by atoms with Gasteiger partial charge >= 0.3 is 0 Å². The molecule has 28 heavy (non-hydrogen) atoms. The van der Waals surface area contributed by atoms with Crippen LogP contribution in [-0.2, 0) is 6.54 Å². The monoisotopic (exact) mass is 400 g/mol. The first-order valence-corrected chi connectivity index (χ1v) is 10.8. The van der Waals surface area contributed by atoms with Crippen LogP contribution in [0.4, 0.5) is 0 Å². The van der Waals surface area contributed by atoms with E-state index >= 15 is 0 Å². The first-order valence-electron chi connectivity index (χ1n) is 10.4. The van der Waals surface area contributed by atoms with Crippen molar-refractivity contribution in [2.45, 2.75) is 51.5 Å². The average Bonchev–Trinajstić information content (AvgIpc) is 3.04. The minimum Gasteiger partial charge on any atom is -0.396 e. The van der Waals surface area contributed by atoms with Gasteiger partial charge < -0.3 is 10.0 Å². The summed E-state index contributed by atoms with van der Waals surface area (Å²) < 4.78 is 2.00. The Bertz CT molecular complexity index is 883. The molecule has 150 valence electrons. The SMILES string of the molecule is CN1CCC(C#Cc2nn(CC3(CO)CCCCC3)c3cc(Cl)ncc23)CC1. The number of aliphatic hydroxyl groups excluding tert-OH is 1. The van der Waals surface area contributed by atoms with Gasteiger partial charge in [0.2, 0.25) is 0 Å². The Hall–Kier alpha value is -1.61. The van der Waals surface area contributed by atoms with Crippen LogP contribution >= 0.6 is 11.6 Å². The van der Waals surface area contributed by atoms with Crippen molar-refractivity contribution >= 4 is 22.5 Å². The highest BCUT2D eigenvalue weighted by Gasteiger charge is 2.33. The van der Waals surface area contributed by atoms with E-state index in [0.717, 1.165) is 55.4 Å². The van der Waals surface area contributed by atoms with Crippen LogP contribution in [-0.4, -0.2) is 51.5 Å². The third-order valence-corrected chi connectivity index (χ3v) is 6.66. The molecule has 0 radical (unpaired) electrons. The Morgan fingerprint density at radius 2 is 2.00 bits per heavy atom. The summed E-state index contributed by atoms with van der Waals surface area (Å²) in [6, 6.07) is 1.87. The quantitative estimate of drug-likeness (QED) is 0.630. The maximum Gasteiger partial charge on any atom is 0.144 e. The summed E-state index contributed by atoms with van der Waals surface area (Å²) in [4.78, 5) is 6.61. The molecule has 1 saturated heterocycles. The van der Waals surface area contributed by atoms with Crippen molar-refractivity contribution < 1.29 is 5.11 Å². The summed E-state index contributed by atoms with van der Waals surface area (Å²) in [5.74, 6) is 7.21. The second-order valence-corrected chi connectivity index (χ2v) is 8.98. The van der Waals surface area contributed by atoms with Crippen LogP contribution in [0.2, 0.25) is 5.15 Å². The first-order chi connectivity index (χ1) is 13.6. The number of fused-ring (bicyclic) bond motifs is 1. The third kappa shape index (κ3) is 4.20. The molecule has 5 nitrogen and oxygen atoms in total. The van der Waals surface area contributed by atoms with Crippen molar-refractivity contribution in [3.05, 3.63) is 23.1 Å². The lowest BCUT2D eigenvalue weighted by Gasteiger charge is -2.35. The molecule has 1 aliphatic heterocycles. The summed E-state index contributed by atoms with van der Waals surface area (Å²) in [7, 11) is 2.16. The van der Waals surface area contributed by atoms with Gasteiger partial charge in [0, 0.05) is 30.1 Å². The summed E-state index contributed by atoms with van der Waals surface area (Å²) >= 11 is 6.18. The number of hydrogen-bond donors (Lipinski definition) is 1. The van der Waals surface area contributed by atoms with E-state index in [1.54, 1.807) is 6.20 Å². The second-order valence-electron chi connectivity index (χ2n) is 8.60. The van der Waals surface area contributed by atoms with Crippen LogP contribution in [0.15, 0.2) is 12.3 Å². The molecule has 2 fully saturated rings. The molecule has 2 aromatic heterocycles. The van der Waals surface area contributed by atoms with Gasteiger partial charge in [-0.15, -0.1) is 0 Å². The Morgan fingerprint density at radius 1 is 1.25 bits per heavy atom. The molecule has 2 aliphatic rings. The number of pyridine rings is 1. The average molecular weight is 401 g/mol. The number of hydrogen-bond acceptors (Lipinski definition) is 4. The Balaban J connectivity index is 1.65. The summed E-state index contributed by atoms with van der Waals surface area (Å²) in [6.07, 6.45) is 9.69. The lowest BCUT2D eigenvalue weighted by molar-refractivity contribution is 0.0624. The molecular weight excluding hydrogens is 372 g/mol. The zero-order valence-corrected chi connectivity index (χ0v) is 17.4. The van der Waals surface area contributed by atoms with E-state index in [1.807, 2.05) is 10.7 Å². The molecule has 3 heterocycles. The molecular formula is C22H29ClN4O. The Kier molecular flexibility index (Phi) is 5.91. The summed E-state index contributed by atoms with van der Waals surface area (Å²) in [5, 5.41) is 16.4. The van der Waals surface area contributed by atoms with Crippen molar-refractivity contribution in [2.24, 2.45) is 11.3 Å². The molecule has 1 aliphatic carbocycles. The number of halogens is 1. The molecule has 0 bridgehead atoms. The van der Waals surface area contributed by atoms with Gasteiger partial charge in [0.05, 0.1) is 17.5 Å². The fourth-order valence-corrected chi connectivity index (χ4v) is 4.72. The van der Waals surface area contributed by atoms with Crippen LogP contribution in [0.3, 0.4) is 0 Å². The lowest BCUT2D eigenvalue weighted by Crippen LogP contribution is -2.33. The normalized spacial score (nSPS) is 20.8. The molecule has 6 heteroatoms. The Labute approximate surface area is 172 Å². The van der Waals surface area contributed by atoms with E-state index in [4.69, 9.17) is 16.7 Å². The third-order valence-electron chi connectivity index (χ3n) is 6.45. The number of rotatable bonds is 3. The van der Waals surface area contributed by atoms with Gasteiger partial charge in [-0.25, -0.2) is 4.98 Å². The van der Waals surface area contributed by atoms with Crippen LogP contribution in [0.25, 0.3) is 10.9 Å². The van der Waals surface area contributed by atoms with Crippen molar-refractivity contribution in [3.63, 3.8) is 0 Å². The molecule has 2 aromatic rings. The smallest absolute Gasteiger partial charge is 0.144 e. The van der Waals surface area contributed by atoms with Gasteiger partial charge in [0.1, 0.15) is 10.8 Å². The van der Waals surface area contributed by atoms with E-state index < -0.39 is 0 Å². The summed E-state index contributed by atoms with van der Waals surface area (Å²) in [6.45, 7) is 3.11. The van der Waals surface area contributed by atoms with Gasteiger partial charge in [-0.05, 0) is 51.7 Å². The highest BCUT2D eigenvalue weighted by Crippen LogP contribution is 2.38. The zero-order valence-electron chi connectivity index (χ0n) is 16.6. The van der Waals surface area contributed by atoms with Gasteiger partial charge in [-0.2, -0.15) is 5.10 Å². The van der Waals surface area contributed by atoms with Crippen molar-refractivity contribution in [3.8, 4) is 11.8 Å². The van der Waals surface area contributed by atoms with E-state index in [1.165, 1.54) is 19.3 Å². The minimum atomic E-state index is -0.0917. The molecule has 0 amide bonds. The van der Waals surface area contributed by atoms with Crippen LogP contribution in [0, 0.1) is 23.2 Å². The lowest BCUT2D eigenvalue weighted by atomic mass is 9.74. The number of aromatic nitrogens is 3. The predicted octanol–water partition coefficient (Wildman–Crippen LogP) is 3.72. The fourth-order valence-electron chi connectivity index (χ4n) is 4.57. The number of likely N-dealkylation sites (tertiary alicyclic amines) is 1. The van der Waals surface area contributed by atoms with Crippen molar-refractivity contribution in [1.82, 2.24) is 19.7 Å². The standard InChI is InChI=1S/C22H29ClN4O/c1-26-11-7-17(8-12-26)5-6-19-18-14-24-21(23)13-20(18)27(25-19)15-22(16-28)9-3-2-4-10-22/h13-14,17,28H,2-4,7-12,15-16H2,1H3. The highest BCUT2D eigenvalue weighted by molar-refractivity contribution is 6.30. The molecule has 0 aromatic carbocycles. The summed E-state index contributed by atoms with van der Waals surface area (Å²) in [5.41, 5.74) is 1.65. The van der Waals surface area contributed by atoms with E-state index in [9.17, 15) is 5.11 Å². The topological polar surface area (TPSA) is 54.2 Å². The second kappa shape index (κ2) is 8.41. The number of nitrogens with zero attached hydrogens (tertiary/aromatic N) is 4. The van der Waals surface area contributed by atoms with Crippen LogP contribution < -0.4 is 0 Å². The first kappa shape index (κ1) is 19.7. The van der Waals surface area contributed by atoms with E-state index in [-0.39, 0.29) is 12.0 Å². The molecule has 1 N–H and O–H groups in total. The zero-order chi connectivity index (χ0) is 19.6. The van der Waals surface area contributed by atoms with Crippen LogP contribution in [0.5, 0.6) is 0 Å². The maximum atomic E-state index is 10.1. The molecule has 4 rings (SSSR count). The van der Waals surface area contributed by atoms with Crippen molar-refractivity contribution in [1.29, 1.82) is 0 Å². The van der Waals surface area contributed by atoms with E-state index in [2.05, 4.69) is 28.8 Å². The highest BCUT2D eigenvalue weighted by atomic mass is 35.5. The van der Waals surface area contributed by atoms with Gasteiger partial charge in [-0.3, -0.25) is 4.68 Å².